The van der Waals surface area contributed by atoms with Crippen molar-refractivity contribution in [1.29, 1.82) is 0 Å². The first-order chi connectivity index (χ1) is 8.58. The number of halogens is 3. The molecule has 1 heterocycles. The van der Waals surface area contributed by atoms with Crippen LogP contribution in [0.25, 0.3) is 0 Å². The Hall–Kier alpha value is -1.66. The lowest BCUT2D eigenvalue weighted by atomic mass is 10.3. The molecule has 0 spiro atoms. The van der Waals surface area contributed by atoms with Crippen LogP contribution >= 0.6 is 23.2 Å². The summed E-state index contributed by atoms with van der Waals surface area (Å²) in [7, 11) is 1.39. The van der Waals surface area contributed by atoms with Crippen LogP contribution < -0.4 is 10.1 Å². The van der Waals surface area contributed by atoms with E-state index >= 15 is 0 Å². The van der Waals surface area contributed by atoms with Crippen molar-refractivity contribution in [2.75, 3.05) is 12.4 Å². The number of nitrogens with one attached hydrogen (secondary N) is 1. The second kappa shape index (κ2) is 5.32. The number of hydrogen-bond acceptors (Lipinski definition) is 5. The normalized spacial score (nSPS) is 10.2. The van der Waals surface area contributed by atoms with E-state index in [1.54, 1.807) is 0 Å². The summed E-state index contributed by atoms with van der Waals surface area (Å²) < 4.78 is 17.9. The van der Waals surface area contributed by atoms with E-state index in [0.717, 1.165) is 0 Å². The van der Waals surface area contributed by atoms with E-state index in [1.165, 1.54) is 25.3 Å². The highest BCUT2D eigenvalue weighted by Gasteiger charge is 2.08. The fraction of sp³-hybridized carbons (Fsp3) is 0.100. The van der Waals surface area contributed by atoms with Crippen LogP contribution in [0.1, 0.15) is 0 Å². The maximum absolute atomic E-state index is 13.1. The number of anilines is 2. The zero-order valence-corrected chi connectivity index (χ0v) is 10.6. The summed E-state index contributed by atoms with van der Waals surface area (Å²) in [5.41, 5.74) is 0.320. The molecule has 0 amide bonds. The third kappa shape index (κ3) is 2.96. The SMILES string of the molecule is COc1nc(Cl)nc(Nc2cc(F)ccc2Cl)n1. The van der Waals surface area contributed by atoms with Crippen molar-refractivity contribution in [2.45, 2.75) is 0 Å². The van der Waals surface area contributed by atoms with Crippen LogP contribution in [0, 0.1) is 5.82 Å². The molecule has 2 rings (SSSR count). The number of ether oxygens (including phenoxy) is 1. The van der Waals surface area contributed by atoms with Gasteiger partial charge in [-0.05, 0) is 29.8 Å². The number of nitrogens with zero attached hydrogens (tertiary/aromatic N) is 3. The van der Waals surface area contributed by atoms with Crippen LogP contribution in [-0.4, -0.2) is 22.1 Å². The molecule has 1 aromatic heterocycles. The molecular formula is C10H7Cl2FN4O. The van der Waals surface area contributed by atoms with Crippen molar-refractivity contribution in [1.82, 2.24) is 15.0 Å². The molecule has 18 heavy (non-hydrogen) atoms. The number of aromatic nitrogens is 3. The summed E-state index contributed by atoms with van der Waals surface area (Å²) in [6.07, 6.45) is 0. The molecule has 0 unspecified atom stereocenters. The highest BCUT2D eigenvalue weighted by atomic mass is 35.5. The van der Waals surface area contributed by atoms with Crippen LogP contribution in [-0.2, 0) is 0 Å². The van der Waals surface area contributed by atoms with Gasteiger partial charge in [0, 0.05) is 0 Å². The summed E-state index contributed by atoms with van der Waals surface area (Å²) >= 11 is 11.6. The second-order valence-corrected chi connectivity index (χ2v) is 3.91. The van der Waals surface area contributed by atoms with E-state index in [-0.39, 0.29) is 17.2 Å². The van der Waals surface area contributed by atoms with Crippen molar-refractivity contribution in [3.8, 4) is 6.01 Å². The zero-order chi connectivity index (χ0) is 13.1. The first kappa shape index (κ1) is 12.8. The predicted octanol–water partition coefficient (Wildman–Crippen LogP) is 3.07. The Morgan fingerprint density at radius 1 is 1.22 bits per heavy atom. The molecular weight excluding hydrogens is 282 g/mol. The van der Waals surface area contributed by atoms with Gasteiger partial charge in [0.2, 0.25) is 11.2 Å². The molecule has 0 saturated heterocycles. The lowest BCUT2D eigenvalue weighted by Crippen LogP contribution is -2.02. The smallest absolute Gasteiger partial charge is 0.322 e. The Balaban J connectivity index is 2.33. The van der Waals surface area contributed by atoms with Gasteiger partial charge in [-0.15, -0.1) is 0 Å². The van der Waals surface area contributed by atoms with Crippen LogP contribution in [0.2, 0.25) is 10.3 Å². The fourth-order valence-electron chi connectivity index (χ4n) is 1.19. The molecule has 0 bridgehead atoms. The minimum Gasteiger partial charge on any atom is -0.467 e. The van der Waals surface area contributed by atoms with E-state index < -0.39 is 5.82 Å². The topological polar surface area (TPSA) is 59.9 Å². The van der Waals surface area contributed by atoms with Gasteiger partial charge in [0.1, 0.15) is 5.82 Å². The van der Waals surface area contributed by atoms with Crippen LogP contribution in [0.5, 0.6) is 6.01 Å². The van der Waals surface area contributed by atoms with Gasteiger partial charge in [0.05, 0.1) is 17.8 Å². The molecule has 0 fully saturated rings. The second-order valence-electron chi connectivity index (χ2n) is 3.16. The van der Waals surface area contributed by atoms with Crippen molar-refractivity contribution in [3.05, 3.63) is 34.3 Å². The van der Waals surface area contributed by atoms with Crippen LogP contribution in [0.3, 0.4) is 0 Å². The quantitative estimate of drug-likeness (QED) is 0.941. The number of methoxy groups -OCH3 is 1. The average Bonchev–Trinajstić information content (AvgIpc) is 2.33. The molecule has 5 nitrogen and oxygen atoms in total. The monoisotopic (exact) mass is 288 g/mol. The van der Waals surface area contributed by atoms with Gasteiger partial charge >= 0.3 is 6.01 Å². The Morgan fingerprint density at radius 2 is 2.00 bits per heavy atom. The molecule has 0 atom stereocenters. The summed E-state index contributed by atoms with van der Waals surface area (Å²) in [4.78, 5) is 11.4. The highest BCUT2D eigenvalue weighted by molar-refractivity contribution is 6.33. The van der Waals surface area contributed by atoms with Gasteiger partial charge in [-0.1, -0.05) is 11.6 Å². The Morgan fingerprint density at radius 3 is 2.72 bits per heavy atom. The van der Waals surface area contributed by atoms with Crippen molar-refractivity contribution in [2.24, 2.45) is 0 Å². The Kier molecular flexibility index (Phi) is 3.78. The Labute approximate surface area is 112 Å². The van der Waals surface area contributed by atoms with E-state index in [2.05, 4.69) is 20.3 Å². The summed E-state index contributed by atoms with van der Waals surface area (Å²) in [5.74, 6) is -0.326. The van der Waals surface area contributed by atoms with E-state index in [0.29, 0.717) is 10.7 Å². The van der Waals surface area contributed by atoms with Gasteiger partial charge in [-0.2, -0.15) is 15.0 Å². The van der Waals surface area contributed by atoms with Gasteiger partial charge in [-0.3, -0.25) is 0 Å². The van der Waals surface area contributed by atoms with E-state index in [4.69, 9.17) is 27.9 Å². The third-order valence-corrected chi connectivity index (χ3v) is 2.44. The third-order valence-electron chi connectivity index (χ3n) is 1.95. The molecule has 1 N–H and O–H groups in total. The maximum Gasteiger partial charge on any atom is 0.322 e. The molecule has 0 saturated carbocycles. The molecule has 0 radical (unpaired) electrons. The highest BCUT2D eigenvalue weighted by Crippen LogP contribution is 2.25. The minimum absolute atomic E-state index is 0.0446. The van der Waals surface area contributed by atoms with Crippen molar-refractivity contribution in [3.63, 3.8) is 0 Å². The molecule has 0 aliphatic carbocycles. The fourth-order valence-corrected chi connectivity index (χ4v) is 1.51. The lowest BCUT2D eigenvalue weighted by molar-refractivity contribution is 0.379. The summed E-state index contributed by atoms with van der Waals surface area (Å²) in [5, 5.41) is 3.01. The molecule has 8 heteroatoms. The number of hydrogen-bond donors (Lipinski definition) is 1. The largest absolute Gasteiger partial charge is 0.467 e. The molecule has 94 valence electrons. The average molecular weight is 289 g/mol. The first-order valence-electron chi connectivity index (χ1n) is 4.76. The van der Waals surface area contributed by atoms with Crippen LogP contribution in [0.4, 0.5) is 16.0 Å². The van der Waals surface area contributed by atoms with Crippen LogP contribution in [0.15, 0.2) is 18.2 Å². The number of benzene rings is 1. The van der Waals surface area contributed by atoms with Gasteiger partial charge in [-0.25, -0.2) is 4.39 Å². The first-order valence-corrected chi connectivity index (χ1v) is 5.51. The number of rotatable bonds is 3. The molecule has 0 aliphatic rings. The summed E-state index contributed by atoms with van der Waals surface area (Å²) in [6.45, 7) is 0. The maximum atomic E-state index is 13.1. The lowest BCUT2D eigenvalue weighted by Gasteiger charge is -2.07. The van der Waals surface area contributed by atoms with Gasteiger partial charge in [0.25, 0.3) is 0 Å². The van der Waals surface area contributed by atoms with Gasteiger partial charge in [0.15, 0.2) is 0 Å². The standard InChI is InChI=1S/C10H7Cl2FN4O/c1-18-10-16-8(12)15-9(17-10)14-7-4-5(13)2-3-6(7)11/h2-4H,1H3,(H,14,15,16,17). The minimum atomic E-state index is -0.436. The van der Waals surface area contributed by atoms with E-state index in [1.807, 2.05) is 0 Å². The van der Waals surface area contributed by atoms with Crippen molar-refractivity contribution >= 4 is 34.8 Å². The Bertz CT molecular complexity index is 582. The van der Waals surface area contributed by atoms with Crippen molar-refractivity contribution < 1.29 is 9.13 Å². The molecule has 2 aromatic rings. The molecule has 1 aromatic carbocycles. The predicted molar refractivity (Wildman–Crippen MR) is 66.1 cm³/mol. The molecule has 0 aliphatic heterocycles. The van der Waals surface area contributed by atoms with E-state index in [9.17, 15) is 4.39 Å². The summed E-state index contributed by atoms with van der Waals surface area (Å²) in [6, 6.07) is 3.92. The van der Waals surface area contributed by atoms with Gasteiger partial charge < -0.3 is 10.1 Å². The zero-order valence-electron chi connectivity index (χ0n) is 9.12.